The first kappa shape index (κ1) is 24.6. The van der Waals surface area contributed by atoms with E-state index in [1.165, 1.54) is 4.68 Å². The number of esters is 1. The molecule has 4 aromatic rings. The van der Waals surface area contributed by atoms with Gasteiger partial charge in [-0.2, -0.15) is 4.68 Å². The van der Waals surface area contributed by atoms with Gasteiger partial charge in [0.25, 0.3) is 5.56 Å². The van der Waals surface area contributed by atoms with E-state index >= 15 is 0 Å². The van der Waals surface area contributed by atoms with Crippen LogP contribution in [0.15, 0.2) is 75.4 Å². The number of Topliss-reactive ketones (excluding diaryl/α,β-unsaturated/α-hetero) is 1. The van der Waals surface area contributed by atoms with Crippen molar-refractivity contribution in [2.75, 3.05) is 18.6 Å². The van der Waals surface area contributed by atoms with Crippen LogP contribution >= 0.6 is 11.8 Å². The minimum absolute atomic E-state index is 0.00731. The van der Waals surface area contributed by atoms with Crippen molar-refractivity contribution in [3.8, 4) is 5.69 Å². The first-order chi connectivity index (χ1) is 17.4. The molecule has 0 unspecified atom stereocenters. The molecule has 36 heavy (non-hydrogen) atoms. The molecule has 0 bridgehead atoms. The number of benzene rings is 2. The Balaban J connectivity index is 1.70. The highest BCUT2D eigenvalue weighted by Crippen LogP contribution is 2.20. The number of ether oxygens (including phenoxy) is 1. The van der Waals surface area contributed by atoms with Crippen LogP contribution < -0.4 is 17.0 Å². The Morgan fingerprint density at radius 3 is 2.33 bits per heavy atom. The van der Waals surface area contributed by atoms with E-state index in [-0.39, 0.29) is 18.1 Å². The summed E-state index contributed by atoms with van der Waals surface area (Å²) in [4.78, 5) is 51.4. The number of ketones is 1. The highest BCUT2D eigenvalue weighted by atomic mass is 32.2. The monoisotopic (exact) mass is 507 g/mol. The van der Waals surface area contributed by atoms with E-state index in [2.05, 4.69) is 20.3 Å². The summed E-state index contributed by atoms with van der Waals surface area (Å²) in [5.41, 5.74) is 5.39. The molecule has 0 saturated carbocycles. The van der Waals surface area contributed by atoms with Gasteiger partial charge in [-0.25, -0.2) is 9.36 Å². The number of carbonyl (C=O) groups is 2. The molecule has 0 atom stereocenters. The number of rotatable bonds is 9. The predicted molar refractivity (Wildman–Crippen MR) is 131 cm³/mol. The predicted octanol–water partition coefficient (Wildman–Crippen LogP) is 0.764. The van der Waals surface area contributed by atoms with E-state index in [1.807, 2.05) is 24.3 Å². The number of aromatic nitrogens is 6. The number of nitrogens with zero attached hydrogens (tertiary/aromatic N) is 6. The van der Waals surface area contributed by atoms with Crippen molar-refractivity contribution in [1.82, 2.24) is 29.3 Å². The second-order valence-electron chi connectivity index (χ2n) is 7.50. The fourth-order valence-corrected chi connectivity index (χ4v) is 4.19. The van der Waals surface area contributed by atoms with Gasteiger partial charge in [0.1, 0.15) is 17.9 Å². The fourth-order valence-electron chi connectivity index (χ4n) is 3.43. The van der Waals surface area contributed by atoms with E-state index in [0.29, 0.717) is 21.0 Å². The third kappa shape index (κ3) is 5.10. The van der Waals surface area contributed by atoms with Crippen molar-refractivity contribution < 1.29 is 14.3 Å². The van der Waals surface area contributed by atoms with Gasteiger partial charge in [0, 0.05) is 0 Å². The molecule has 0 aliphatic heterocycles. The average molecular weight is 508 g/mol. The molecule has 0 fully saturated rings. The van der Waals surface area contributed by atoms with Gasteiger partial charge >= 0.3 is 11.7 Å². The molecule has 13 heteroatoms. The van der Waals surface area contributed by atoms with Gasteiger partial charge in [-0.15, -0.1) is 5.10 Å². The lowest BCUT2D eigenvalue weighted by molar-refractivity contribution is -0.141. The third-order valence-corrected chi connectivity index (χ3v) is 6.14. The number of hydrogen-bond donors (Lipinski definition) is 1. The number of anilines is 1. The number of nitrogens with two attached hydrogens (primary N) is 1. The third-order valence-electron chi connectivity index (χ3n) is 5.22. The second-order valence-corrected chi connectivity index (χ2v) is 8.45. The van der Waals surface area contributed by atoms with E-state index < -0.39 is 35.1 Å². The van der Waals surface area contributed by atoms with E-state index in [1.54, 1.807) is 36.4 Å². The first-order valence-electron chi connectivity index (χ1n) is 10.6. The second kappa shape index (κ2) is 10.8. The minimum atomic E-state index is -0.972. The van der Waals surface area contributed by atoms with Crippen LogP contribution in [-0.2, 0) is 22.6 Å². The van der Waals surface area contributed by atoms with Crippen molar-refractivity contribution in [3.63, 3.8) is 0 Å². The Labute approximate surface area is 208 Å². The Morgan fingerprint density at radius 2 is 1.67 bits per heavy atom. The number of methoxy groups -OCH3 is 1. The van der Waals surface area contributed by atoms with Crippen molar-refractivity contribution >= 4 is 29.3 Å². The molecular weight excluding hydrogens is 486 g/mol. The Bertz CT molecular complexity index is 1510. The highest BCUT2D eigenvalue weighted by molar-refractivity contribution is 7.99. The van der Waals surface area contributed by atoms with E-state index in [0.717, 1.165) is 23.4 Å². The Morgan fingerprint density at radius 1 is 1.00 bits per heavy atom. The van der Waals surface area contributed by atoms with Crippen molar-refractivity contribution in [2.45, 2.75) is 18.2 Å². The van der Waals surface area contributed by atoms with Crippen LogP contribution in [0.4, 0.5) is 5.82 Å². The smallest absolute Gasteiger partial charge is 0.333 e. The zero-order valence-corrected chi connectivity index (χ0v) is 19.9. The summed E-state index contributed by atoms with van der Waals surface area (Å²) in [6.07, 6.45) is 0. The molecule has 2 N–H and O–H groups in total. The van der Waals surface area contributed by atoms with Crippen LogP contribution in [0.1, 0.15) is 15.9 Å². The number of tetrazole rings is 1. The van der Waals surface area contributed by atoms with Crippen LogP contribution in [0.2, 0.25) is 0 Å². The molecule has 2 heterocycles. The summed E-state index contributed by atoms with van der Waals surface area (Å²) in [5, 5.41) is 11.9. The van der Waals surface area contributed by atoms with Crippen LogP contribution in [0.5, 0.6) is 0 Å². The standard InChI is InChI=1S/C23H21N7O5S/c1-35-18(32)13-29-21(33)19(20(24)28(23(29)34)12-15-8-4-2-5-9-15)17(31)14-36-22-25-26-27-30(22)16-10-6-3-7-11-16/h2-11H,12-14,24H2,1H3. The summed E-state index contributed by atoms with van der Waals surface area (Å²) in [7, 11) is 1.13. The number of para-hydroxylation sites is 1. The number of nitrogen functional groups attached to an aromatic ring is 1. The van der Waals surface area contributed by atoms with Gasteiger partial charge in [0.15, 0.2) is 5.78 Å². The SMILES string of the molecule is COC(=O)Cn1c(=O)c(C(=O)CSc2nnnn2-c2ccccc2)c(N)n(Cc2ccccc2)c1=O. The molecule has 2 aromatic carbocycles. The molecule has 0 saturated heterocycles. The molecule has 2 aromatic heterocycles. The lowest BCUT2D eigenvalue weighted by atomic mass is 10.2. The maximum Gasteiger partial charge on any atom is 0.333 e. The summed E-state index contributed by atoms with van der Waals surface area (Å²) in [6.45, 7) is -0.671. The van der Waals surface area contributed by atoms with Gasteiger partial charge in [0.05, 0.1) is 25.1 Å². The lowest BCUT2D eigenvalue weighted by Gasteiger charge is -2.16. The molecule has 12 nitrogen and oxygen atoms in total. The minimum Gasteiger partial charge on any atom is -0.468 e. The van der Waals surface area contributed by atoms with Crippen molar-refractivity contribution in [3.05, 3.63) is 92.6 Å². The van der Waals surface area contributed by atoms with Crippen LogP contribution in [0, 0.1) is 0 Å². The summed E-state index contributed by atoms with van der Waals surface area (Å²) < 4.78 is 7.80. The number of thioether (sulfide) groups is 1. The molecule has 4 rings (SSSR count). The van der Waals surface area contributed by atoms with Crippen LogP contribution in [0.3, 0.4) is 0 Å². The van der Waals surface area contributed by atoms with Crippen molar-refractivity contribution in [2.24, 2.45) is 0 Å². The molecule has 0 spiro atoms. The molecule has 184 valence electrons. The van der Waals surface area contributed by atoms with E-state index in [4.69, 9.17) is 5.73 Å². The zero-order valence-electron chi connectivity index (χ0n) is 19.1. The van der Waals surface area contributed by atoms with E-state index in [9.17, 15) is 19.2 Å². The number of carbonyl (C=O) groups excluding carboxylic acids is 2. The maximum atomic E-state index is 13.2. The summed E-state index contributed by atoms with van der Waals surface area (Å²) >= 11 is 1.00. The van der Waals surface area contributed by atoms with Gasteiger partial charge < -0.3 is 10.5 Å². The Kier molecular flexibility index (Phi) is 7.39. The Hall–Kier alpha value is -4.52. The maximum absolute atomic E-state index is 13.2. The summed E-state index contributed by atoms with van der Waals surface area (Å²) in [5.74, 6) is -2.00. The van der Waals surface area contributed by atoms with Crippen molar-refractivity contribution in [1.29, 1.82) is 0 Å². The topological polar surface area (TPSA) is 157 Å². The molecule has 0 amide bonds. The lowest BCUT2D eigenvalue weighted by Crippen LogP contribution is -2.45. The molecular formula is C23H21N7O5S. The van der Waals surface area contributed by atoms with Gasteiger partial charge in [-0.3, -0.25) is 19.0 Å². The molecule has 0 radical (unpaired) electrons. The molecule has 0 aliphatic carbocycles. The van der Waals surface area contributed by atoms with Crippen LogP contribution in [0.25, 0.3) is 5.69 Å². The van der Waals surface area contributed by atoms with Gasteiger partial charge in [0.2, 0.25) is 5.16 Å². The van der Waals surface area contributed by atoms with Gasteiger partial charge in [-0.1, -0.05) is 60.3 Å². The molecule has 0 aliphatic rings. The van der Waals surface area contributed by atoms with Crippen LogP contribution in [-0.4, -0.2) is 54.0 Å². The average Bonchev–Trinajstić information content (AvgIpc) is 3.37. The first-order valence-corrected chi connectivity index (χ1v) is 11.6. The van der Waals surface area contributed by atoms with Gasteiger partial charge in [-0.05, 0) is 28.1 Å². The largest absolute Gasteiger partial charge is 0.468 e. The fraction of sp³-hybridized carbons (Fsp3) is 0.174. The summed E-state index contributed by atoms with van der Waals surface area (Å²) in [6, 6.07) is 18.0. The quantitative estimate of drug-likeness (QED) is 0.195. The highest BCUT2D eigenvalue weighted by Gasteiger charge is 2.25. The number of hydrogen-bond acceptors (Lipinski definition) is 10. The normalized spacial score (nSPS) is 10.8. The zero-order chi connectivity index (χ0) is 25.7.